The fraction of sp³-hybridized carbons (Fsp3) is 0.217. The predicted octanol–water partition coefficient (Wildman–Crippen LogP) is 1.95. The molecule has 0 bridgehead atoms. The Hall–Kier alpha value is -4.14. The van der Waals surface area contributed by atoms with Crippen LogP contribution in [0.15, 0.2) is 60.8 Å². The summed E-state index contributed by atoms with van der Waals surface area (Å²) in [6, 6.07) is 16.6. The lowest BCUT2D eigenvalue weighted by Gasteiger charge is -2.17. The SMILES string of the molecule is CCc1ccc(N2CC(C(=O)NNC(=O)c3nn(-c4ccccc4)cc3O)CC2=O)cc1. The second-order valence-corrected chi connectivity index (χ2v) is 7.51. The van der Waals surface area contributed by atoms with E-state index in [0.717, 1.165) is 17.7 Å². The molecule has 0 spiro atoms. The summed E-state index contributed by atoms with van der Waals surface area (Å²) in [5, 5.41) is 14.1. The number of aromatic hydroxyl groups is 1. The van der Waals surface area contributed by atoms with Gasteiger partial charge >= 0.3 is 0 Å². The summed E-state index contributed by atoms with van der Waals surface area (Å²) in [7, 11) is 0. The Bertz CT molecular complexity index is 1140. The largest absolute Gasteiger partial charge is 0.504 e. The molecular weight excluding hydrogens is 410 g/mol. The van der Waals surface area contributed by atoms with Crippen LogP contribution in [0.4, 0.5) is 5.69 Å². The molecule has 1 saturated heterocycles. The van der Waals surface area contributed by atoms with Gasteiger partial charge in [-0.15, -0.1) is 0 Å². The van der Waals surface area contributed by atoms with E-state index in [1.54, 1.807) is 29.2 Å². The number of carbonyl (C=O) groups is 3. The van der Waals surface area contributed by atoms with Crippen LogP contribution in [0.25, 0.3) is 5.69 Å². The first kappa shape index (κ1) is 21.1. The van der Waals surface area contributed by atoms with E-state index in [-0.39, 0.29) is 30.3 Å². The average Bonchev–Trinajstić information content (AvgIpc) is 3.41. The van der Waals surface area contributed by atoms with Crippen LogP contribution in [0.5, 0.6) is 5.75 Å². The monoisotopic (exact) mass is 433 g/mol. The van der Waals surface area contributed by atoms with E-state index < -0.39 is 17.7 Å². The lowest BCUT2D eigenvalue weighted by Crippen LogP contribution is -2.45. The van der Waals surface area contributed by atoms with Gasteiger partial charge in [-0.05, 0) is 36.2 Å². The fourth-order valence-corrected chi connectivity index (χ4v) is 3.56. The fourth-order valence-electron chi connectivity index (χ4n) is 3.56. The Kier molecular flexibility index (Phi) is 5.89. The number of nitrogens with zero attached hydrogens (tertiary/aromatic N) is 3. The van der Waals surface area contributed by atoms with E-state index in [1.165, 1.54) is 10.9 Å². The molecular formula is C23H23N5O4. The first-order chi connectivity index (χ1) is 15.5. The minimum absolute atomic E-state index is 0.0467. The molecule has 2 heterocycles. The summed E-state index contributed by atoms with van der Waals surface area (Å²) >= 11 is 0. The zero-order valence-corrected chi connectivity index (χ0v) is 17.5. The van der Waals surface area contributed by atoms with Crippen LogP contribution in [0.1, 0.15) is 29.4 Å². The van der Waals surface area contributed by atoms with Gasteiger partial charge in [0.1, 0.15) is 0 Å². The molecule has 3 N–H and O–H groups in total. The van der Waals surface area contributed by atoms with E-state index in [2.05, 4.69) is 22.9 Å². The van der Waals surface area contributed by atoms with Crippen LogP contribution in [0.2, 0.25) is 0 Å². The van der Waals surface area contributed by atoms with Crippen LogP contribution in [0.3, 0.4) is 0 Å². The van der Waals surface area contributed by atoms with Gasteiger partial charge in [-0.3, -0.25) is 25.2 Å². The van der Waals surface area contributed by atoms with Crippen LogP contribution < -0.4 is 15.8 Å². The van der Waals surface area contributed by atoms with Crippen molar-refractivity contribution in [1.29, 1.82) is 0 Å². The van der Waals surface area contributed by atoms with Crippen molar-refractivity contribution in [1.82, 2.24) is 20.6 Å². The van der Waals surface area contributed by atoms with E-state index in [0.29, 0.717) is 5.69 Å². The number of aryl methyl sites for hydroxylation is 1. The van der Waals surface area contributed by atoms with Gasteiger partial charge in [-0.25, -0.2) is 4.68 Å². The minimum Gasteiger partial charge on any atom is -0.504 e. The number of nitrogens with one attached hydrogen (secondary N) is 2. The van der Waals surface area contributed by atoms with Crippen molar-refractivity contribution in [3.05, 3.63) is 72.1 Å². The predicted molar refractivity (Wildman–Crippen MR) is 117 cm³/mol. The molecule has 0 radical (unpaired) electrons. The third-order valence-corrected chi connectivity index (χ3v) is 5.38. The van der Waals surface area contributed by atoms with Gasteiger partial charge in [-0.2, -0.15) is 5.10 Å². The minimum atomic E-state index is -0.762. The van der Waals surface area contributed by atoms with Gasteiger partial charge in [0.2, 0.25) is 11.8 Å². The summed E-state index contributed by atoms with van der Waals surface area (Å²) in [4.78, 5) is 38.9. The van der Waals surface area contributed by atoms with Crippen LogP contribution in [-0.2, 0) is 16.0 Å². The third kappa shape index (κ3) is 4.31. The van der Waals surface area contributed by atoms with E-state index in [4.69, 9.17) is 0 Å². The number of hydrogen-bond acceptors (Lipinski definition) is 5. The highest BCUT2D eigenvalue weighted by molar-refractivity contribution is 6.01. The number of carbonyl (C=O) groups excluding carboxylic acids is 3. The zero-order valence-electron chi connectivity index (χ0n) is 17.5. The quantitative estimate of drug-likeness (QED) is 0.532. The average molecular weight is 433 g/mol. The molecule has 1 fully saturated rings. The molecule has 3 amide bonds. The van der Waals surface area contributed by atoms with Gasteiger partial charge in [0.05, 0.1) is 17.8 Å². The topological polar surface area (TPSA) is 117 Å². The van der Waals surface area contributed by atoms with Gasteiger partial charge < -0.3 is 10.0 Å². The first-order valence-corrected chi connectivity index (χ1v) is 10.3. The highest BCUT2D eigenvalue weighted by atomic mass is 16.3. The maximum Gasteiger partial charge on any atom is 0.294 e. The van der Waals surface area contributed by atoms with Crippen LogP contribution in [-0.4, -0.2) is 39.2 Å². The number of para-hydroxylation sites is 1. The number of rotatable bonds is 5. The summed E-state index contributed by atoms with van der Waals surface area (Å²) in [6.07, 6.45) is 2.26. The number of aromatic nitrogens is 2. The van der Waals surface area contributed by atoms with Gasteiger partial charge in [0.25, 0.3) is 5.91 Å². The number of hydrazine groups is 1. The molecule has 0 saturated carbocycles. The Balaban J connectivity index is 1.36. The molecule has 9 nitrogen and oxygen atoms in total. The molecule has 1 unspecified atom stereocenters. The third-order valence-electron chi connectivity index (χ3n) is 5.38. The van der Waals surface area contributed by atoms with Crippen molar-refractivity contribution in [2.45, 2.75) is 19.8 Å². The number of benzene rings is 2. The van der Waals surface area contributed by atoms with Crippen LogP contribution >= 0.6 is 0 Å². The lowest BCUT2D eigenvalue weighted by atomic mass is 10.1. The summed E-state index contributed by atoms with van der Waals surface area (Å²) in [5.41, 5.74) is 6.94. The highest BCUT2D eigenvalue weighted by Gasteiger charge is 2.35. The zero-order chi connectivity index (χ0) is 22.7. The molecule has 0 aliphatic carbocycles. The molecule has 4 rings (SSSR count). The Labute approximate surface area is 184 Å². The normalized spacial score (nSPS) is 15.6. The Morgan fingerprint density at radius 1 is 1.06 bits per heavy atom. The maximum absolute atomic E-state index is 12.5. The van der Waals surface area contributed by atoms with E-state index in [9.17, 15) is 19.5 Å². The summed E-state index contributed by atoms with van der Waals surface area (Å²) in [6.45, 7) is 2.27. The van der Waals surface area contributed by atoms with Crippen molar-refractivity contribution < 1.29 is 19.5 Å². The molecule has 32 heavy (non-hydrogen) atoms. The van der Waals surface area contributed by atoms with Crippen molar-refractivity contribution in [2.24, 2.45) is 5.92 Å². The molecule has 3 aromatic rings. The lowest BCUT2D eigenvalue weighted by molar-refractivity contribution is -0.126. The smallest absolute Gasteiger partial charge is 0.294 e. The van der Waals surface area contributed by atoms with E-state index >= 15 is 0 Å². The first-order valence-electron chi connectivity index (χ1n) is 10.3. The molecule has 1 aliphatic heterocycles. The molecule has 164 valence electrons. The van der Waals surface area contributed by atoms with Crippen molar-refractivity contribution in [2.75, 3.05) is 11.4 Å². The standard InChI is InChI=1S/C23H23N5O4/c1-2-15-8-10-17(11-9-15)27-13-16(12-20(27)30)22(31)24-25-23(32)21-19(29)14-28(26-21)18-6-4-3-5-7-18/h3-11,14,16,29H,2,12-13H2,1H3,(H,24,31)(H,25,32). The van der Waals surface area contributed by atoms with Crippen LogP contribution in [0, 0.1) is 5.92 Å². The maximum atomic E-state index is 12.5. The number of anilines is 1. The van der Waals surface area contributed by atoms with Gasteiger partial charge in [-0.1, -0.05) is 37.3 Å². The second-order valence-electron chi connectivity index (χ2n) is 7.51. The van der Waals surface area contributed by atoms with Crippen molar-refractivity contribution in [3.8, 4) is 11.4 Å². The van der Waals surface area contributed by atoms with Gasteiger partial charge in [0, 0.05) is 18.7 Å². The summed E-state index contributed by atoms with van der Waals surface area (Å²) < 4.78 is 1.36. The Morgan fingerprint density at radius 3 is 2.47 bits per heavy atom. The van der Waals surface area contributed by atoms with Crippen molar-refractivity contribution in [3.63, 3.8) is 0 Å². The second kappa shape index (κ2) is 8.93. The highest BCUT2D eigenvalue weighted by Crippen LogP contribution is 2.25. The molecule has 1 atom stereocenters. The Morgan fingerprint density at radius 2 is 1.78 bits per heavy atom. The number of hydrogen-bond donors (Lipinski definition) is 3. The molecule has 2 aromatic carbocycles. The molecule has 9 heteroatoms. The van der Waals surface area contributed by atoms with E-state index in [1.807, 2.05) is 30.3 Å². The number of amides is 3. The molecule has 1 aliphatic rings. The van der Waals surface area contributed by atoms with Crippen molar-refractivity contribution >= 4 is 23.4 Å². The van der Waals surface area contributed by atoms with Gasteiger partial charge in [0.15, 0.2) is 11.4 Å². The molecule has 1 aromatic heterocycles. The summed E-state index contributed by atoms with van der Waals surface area (Å²) in [5.74, 6) is -2.33.